The number of aromatic nitrogens is 1. The molecule has 1 aliphatic heterocycles. The van der Waals surface area contributed by atoms with Crippen LogP contribution in [0.25, 0.3) is 0 Å². The second-order valence-electron chi connectivity index (χ2n) is 5.80. The molecule has 7 heteroatoms. The van der Waals surface area contributed by atoms with Gasteiger partial charge in [0.05, 0.1) is 28.2 Å². The summed E-state index contributed by atoms with van der Waals surface area (Å²) in [5.74, 6) is -0.261. The van der Waals surface area contributed by atoms with Crippen molar-refractivity contribution in [1.29, 1.82) is 0 Å². The Labute approximate surface area is 151 Å². The molecule has 2 aromatic rings. The summed E-state index contributed by atoms with van der Waals surface area (Å²) in [6.45, 7) is 3.83. The Balaban J connectivity index is 1.76. The fourth-order valence-electron chi connectivity index (χ4n) is 2.58. The van der Waals surface area contributed by atoms with Gasteiger partial charge in [0.2, 0.25) is 0 Å². The molecule has 2 heterocycles. The number of likely N-dealkylation sites (N-methyl/N-ethyl adjacent to an activating group) is 1. The third-order valence-electron chi connectivity index (χ3n) is 4.03. The smallest absolute Gasteiger partial charge is 0.257 e. The molecule has 1 fully saturated rings. The first-order valence-corrected chi connectivity index (χ1v) is 8.43. The molecule has 0 unspecified atom stereocenters. The van der Waals surface area contributed by atoms with Gasteiger partial charge in [0.15, 0.2) is 0 Å². The van der Waals surface area contributed by atoms with Gasteiger partial charge < -0.3 is 15.1 Å². The number of pyridine rings is 1. The predicted molar refractivity (Wildman–Crippen MR) is 98.4 cm³/mol. The van der Waals surface area contributed by atoms with E-state index >= 15 is 0 Å². The minimum atomic E-state index is -0.261. The summed E-state index contributed by atoms with van der Waals surface area (Å²) in [7, 11) is 2.11. The number of benzene rings is 1. The lowest BCUT2D eigenvalue weighted by molar-refractivity contribution is 0.102. The lowest BCUT2D eigenvalue weighted by Crippen LogP contribution is -2.44. The van der Waals surface area contributed by atoms with Crippen molar-refractivity contribution in [3.05, 3.63) is 52.3 Å². The van der Waals surface area contributed by atoms with Crippen molar-refractivity contribution in [2.24, 2.45) is 0 Å². The lowest BCUT2D eigenvalue weighted by atomic mass is 10.2. The molecular weight excluding hydrogens is 347 g/mol. The summed E-state index contributed by atoms with van der Waals surface area (Å²) >= 11 is 12.0. The van der Waals surface area contributed by atoms with Gasteiger partial charge in [-0.15, -0.1) is 0 Å². The Morgan fingerprint density at radius 3 is 2.62 bits per heavy atom. The standard InChI is InChI=1S/C17H18Cl2N4O/c1-22-4-6-23(7-5-22)14-8-12(10-20-11-14)17(24)21-16-9-13(18)2-3-15(16)19/h2-3,8-11H,4-7H2,1H3,(H,21,24). The topological polar surface area (TPSA) is 48.5 Å². The van der Waals surface area contributed by atoms with Gasteiger partial charge in [0.1, 0.15) is 0 Å². The normalized spacial score (nSPS) is 15.4. The first kappa shape index (κ1) is 17.0. The van der Waals surface area contributed by atoms with Crippen LogP contribution in [0, 0.1) is 0 Å². The molecule has 3 rings (SSSR count). The minimum absolute atomic E-state index is 0.261. The molecule has 0 spiro atoms. The number of carbonyl (C=O) groups excluding carboxylic acids is 1. The Kier molecular flexibility index (Phi) is 5.23. The van der Waals surface area contributed by atoms with Gasteiger partial charge >= 0.3 is 0 Å². The first-order valence-electron chi connectivity index (χ1n) is 7.68. The number of nitrogens with zero attached hydrogens (tertiary/aromatic N) is 3. The molecule has 0 radical (unpaired) electrons. The molecule has 1 N–H and O–H groups in total. The van der Waals surface area contributed by atoms with Crippen LogP contribution in [0.1, 0.15) is 10.4 Å². The fourth-order valence-corrected chi connectivity index (χ4v) is 2.91. The van der Waals surface area contributed by atoms with Gasteiger partial charge in [-0.3, -0.25) is 9.78 Å². The largest absolute Gasteiger partial charge is 0.368 e. The quantitative estimate of drug-likeness (QED) is 0.906. The summed E-state index contributed by atoms with van der Waals surface area (Å²) in [5, 5.41) is 3.74. The SMILES string of the molecule is CN1CCN(c2cncc(C(=O)Nc3cc(Cl)ccc3Cl)c2)CC1. The highest BCUT2D eigenvalue weighted by Gasteiger charge is 2.16. The van der Waals surface area contributed by atoms with Crippen LogP contribution in [-0.2, 0) is 0 Å². The average Bonchev–Trinajstić information content (AvgIpc) is 2.59. The maximum Gasteiger partial charge on any atom is 0.257 e. The summed E-state index contributed by atoms with van der Waals surface area (Å²) in [5.41, 5.74) is 1.93. The highest BCUT2D eigenvalue weighted by Crippen LogP contribution is 2.26. The van der Waals surface area contributed by atoms with Gasteiger partial charge in [0.25, 0.3) is 5.91 Å². The zero-order chi connectivity index (χ0) is 17.1. The molecule has 0 atom stereocenters. The predicted octanol–water partition coefficient (Wildman–Crippen LogP) is 3.39. The van der Waals surface area contributed by atoms with Crippen molar-refractivity contribution in [2.75, 3.05) is 43.4 Å². The lowest BCUT2D eigenvalue weighted by Gasteiger charge is -2.33. The zero-order valence-corrected chi connectivity index (χ0v) is 14.8. The number of piperazine rings is 1. The summed E-state index contributed by atoms with van der Waals surface area (Å²) in [4.78, 5) is 21.2. The number of carbonyl (C=O) groups is 1. The van der Waals surface area contributed by atoms with Crippen LogP contribution in [0.2, 0.25) is 10.0 Å². The molecule has 1 aromatic heterocycles. The van der Waals surface area contributed by atoms with Crippen molar-refractivity contribution in [3.8, 4) is 0 Å². The van der Waals surface area contributed by atoms with Crippen LogP contribution in [0.15, 0.2) is 36.7 Å². The van der Waals surface area contributed by atoms with E-state index in [1.807, 2.05) is 6.07 Å². The molecule has 0 aliphatic carbocycles. The molecule has 1 saturated heterocycles. The molecule has 0 saturated carbocycles. The molecule has 126 valence electrons. The number of amides is 1. The minimum Gasteiger partial charge on any atom is -0.368 e. The van der Waals surface area contributed by atoms with E-state index in [4.69, 9.17) is 23.2 Å². The van der Waals surface area contributed by atoms with E-state index in [9.17, 15) is 4.79 Å². The molecule has 24 heavy (non-hydrogen) atoms. The first-order chi connectivity index (χ1) is 11.5. The molecule has 5 nitrogen and oxygen atoms in total. The van der Waals surface area contributed by atoms with Crippen LogP contribution in [0.3, 0.4) is 0 Å². The Hall–Kier alpha value is -1.82. The Morgan fingerprint density at radius 1 is 1.12 bits per heavy atom. The monoisotopic (exact) mass is 364 g/mol. The summed E-state index contributed by atoms with van der Waals surface area (Å²) < 4.78 is 0. The number of anilines is 2. The van der Waals surface area contributed by atoms with Crippen LogP contribution in [0.5, 0.6) is 0 Å². The fraction of sp³-hybridized carbons (Fsp3) is 0.294. The van der Waals surface area contributed by atoms with Gasteiger partial charge in [-0.05, 0) is 31.3 Å². The Bertz CT molecular complexity index is 745. The summed E-state index contributed by atoms with van der Waals surface area (Å²) in [6, 6.07) is 6.80. The molecule has 1 amide bonds. The van der Waals surface area contributed by atoms with Crippen LogP contribution >= 0.6 is 23.2 Å². The maximum atomic E-state index is 12.5. The van der Waals surface area contributed by atoms with Gasteiger partial charge in [-0.2, -0.15) is 0 Å². The van der Waals surface area contributed by atoms with E-state index in [0.29, 0.717) is 21.3 Å². The number of hydrogen-bond acceptors (Lipinski definition) is 4. The van der Waals surface area contributed by atoms with Gasteiger partial charge in [-0.25, -0.2) is 0 Å². The third-order valence-corrected chi connectivity index (χ3v) is 4.60. The van der Waals surface area contributed by atoms with Crippen LogP contribution in [-0.4, -0.2) is 49.0 Å². The zero-order valence-electron chi connectivity index (χ0n) is 13.3. The van der Waals surface area contributed by atoms with Gasteiger partial charge in [-0.1, -0.05) is 23.2 Å². The van der Waals surface area contributed by atoms with Crippen molar-refractivity contribution >= 4 is 40.5 Å². The van der Waals surface area contributed by atoms with Gasteiger partial charge in [0, 0.05) is 37.4 Å². The van der Waals surface area contributed by atoms with E-state index in [-0.39, 0.29) is 5.91 Å². The van der Waals surface area contributed by atoms with Crippen LogP contribution < -0.4 is 10.2 Å². The molecule has 0 bridgehead atoms. The van der Waals surface area contributed by atoms with Crippen molar-refractivity contribution < 1.29 is 4.79 Å². The third kappa shape index (κ3) is 3.98. The number of nitrogens with one attached hydrogen (secondary N) is 1. The van der Waals surface area contributed by atoms with Crippen LogP contribution in [0.4, 0.5) is 11.4 Å². The highest BCUT2D eigenvalue weighted by molar-refractivity contribution is 6.35. The second-order valence-corrected chi connectivity index (χ2v) is 6.64. The van der Waals surface area contributed by atoms with E-state index in [1.54, 1.807) is 30.6 Å². The van der Waals surface area contributed by atoms with E-state index in [2.05, 4.69) is 27.1 Å². The molecule has 1 aliphatic rings. The van der Waals surface area contributed by atoms with Crippen molar-refractivity contribution in [1.82, 2.24) is 9.88 Å². The van der Waals surface area contributed by atoms with Crippen molar-refractivity contribution in [2.45, 2.75) is 0 Å². The van der Waals surface area contributed by atoms with E-state index in [1.165, 1.54) is 0 Å². The average molecular weight is 365 g/mol. The summed E-state index contributed by atoms with van der Waals surface area (Å²) in [6.07, 6.45) is 3.34. The number of hydrogen-bond donors (Lipinski definition) is 1. The van der Waals surface area contributed by atoms with Crippen molar-refractivity contribution in [3.63, 3.8) is 0 Å². The Morgan fingerprint density at radius 2 is 1.88 bits per heavy atom. The number of halogens is 2. The molecular formula is C17H18Cl2N4O. The highest BCUT2D eigenvalue weighted by atomic mass is 35.5. The van der Waals surface area contributed by atoms with E-state index < -0.39 is 0 Å². The van der Waals surface area contributed by atoms with E-state index in [0.717, 1.165) is 31.9 Å². The number of rotatable bonds is 3. The maximum absolute atomic E-state index is 12.5. The molecule has 1 aromatic carbocycles. The second kappa shape index (κ2) is 7.38.